The van der Waals surface area contributed by atoms with Crippen molar-refractivity contribution in [1.29, 1.82) is 0 Å². The number of aryl methyl sites for hydroxylation is 1. The number of benzene rings is 1. The second kappa shape index (κ2) is 5.16. The van der Waals surface area contributed by atoms with Crippen LogP contribution in [0.3, 0.4) is 0 Å². The maximum Gasteiger partial charge on any atom is 0.161 e. The molecule has 1 aromatic rings. The van der Waals surface area contributed by atoms with Crippen LogP contribution in [0.5, 0.6) is 11.5 Å². The highest BCUT2D eigenvalue weighted by atomic mass is 16.5. The first-order chi connectivity index (χ1) is 8.84. The van der Waals surface area contributed by atoms with Crippen molar-refractivity contribution >= 4 is 0 Å². The van der Waals surface area contributed by atoms with Crippen molar-refractivity contribution in [2.24, 2.45) is 0 Å². The van der Waals surface area contributed by atoms with Crippen LogP contribution in [0.25, 0.3) is 0 Å². The van der Waals surface area contributed by atoms with Gasteiger partial charge in [0.15, 0.2) is 11.5 Å². The summed E-state index contributed by atoms with van der Waals surface area (Å²) < 4.78 is 17.2. The number of nitrogens with one attached hydrogen (secondary N) is 1. The van der Waals surface area contributed by atoms with Gasteiger partial charge in [0, 0.05) is 19.5 Å². The third-order valence-electron chi connectivity index (χ3n) is 3.41. The molecule has 18 heavy (non-hydrogen) atoms. The largest absolute Gasteiger partial charge is 0.490 e. The topological polar surface area (TPSA) is 39.7 Å². The fourth-order valence-electron chi connectivity index (χ4n) is 2.44. The van der Waals surface area contributed by atoms with E-state index in [0.717, 1.165) is 50.8 Å². The fourth-order valence-corrected chi connectivity index (χ4v) is 2.44. The van der Waals surface area contributed by atoms with E-state index in [2.05, 4.69) is 24.4 Å². The standard InChI is InChI=1S/C14H19NO3/c1-10-7-12-13(17-5-2-4-16-12)8-11(10)14-9-15-3-6-18-14/h7-8,14-15H,2-6,9H2,1H3. The molecule has 0 aromatic heterocycles. The van der Waals surface area contributed by atoms with Crippen molar-refractivity contribution in [2.45, 2.75) is 19.4 Å². The van der Waals surface area contributed by atoms with Gasteiger partial charge >= 0.3 is 0 Å². The van der Waals surface area contributed by atoms with Gasteiger partial charge in [-0.1, -0.05) is 0 Å². The molecule has 98 valence electrons. The maximum atomic E-state index is 5.81. The van der Waals surface area contributed by atoms with Crippen LogP contribution in [0.1, 0.15) is 23.7 Å². The zero-order valence-corrected chi connectivity index (χ0v) is 10.7. The molecular formula is C14H19NO3. The molecule has 3 rings (SSSR count). The molecule has 2 aliphatic heterocycles. The van der Waals surface area contributed by atoms with Gasteiger partial charge in [0.25, 0.3) is 0 Å². The van der Waals surface area contributed by atoms with Gasteiger partial charge in [0.2, 0.25) is 0 Å². The zero-order chi connectivity index (χ0) is 12.4. The molecule has 1 fully saturated rings. The minimum atomic E-state index is 0.121. The molecule has 0 amide bonds. The molecule has 1 unspecified atom stereocenters. The molecule has 2 heterocycles. The van der Waals surface area contributed by atoms with Crippen molar-refractivity contribution in [2.75, 3.05) is 32.9 Å². The average molecular weight is 249 g/mol. The Hall–Kier alpha value is -1.26. The minimum absolute atomic E-state index is 0.121. The number of hydrogen-bond acceptors (Lipinski definition) is 4. The first kappa shape index (κ1) is 11.8. The first-order valence-corrected chi connectivity index (χ1v) is 6.57. The van der Waals surface area contributed by atoms with Crippen molar-refractivity contribution in [3.05, 3.63) is 23.3 Å². The van der Waals surface area contributed by atoms with E-state index in [9.17, 15) is 0 Å². The lowest BCUT2D eigenvalue weighted by atomic mass is 10.0. The van der Waals surface area contributed by atoms with Crippen molar-refractivity contribution in [1.82, 2.24) is 5.32 Å². The molecule has 1 saturated heterocycles. The Kier molecular flexibility index (Phi) is 3.39. The lowest BCUT2D eigenvalue weighted by molar-refractivity contribution is 0.0271. The van der Waals surface area contributed by atoms with Crippen LogP contribution in [0.4, 0.5) is 0 Å². The monoisotopic (exact) mass is 249 g/mol. The van der Waals surface area contributed by atoms with Crippen LogP contribution in [-0.4, -0.2) is 32.9 Å². The van der Waals surface area contributed by atoms with E-state index < -0.39 is 0 Å². The van der Waals surface area contributed by atoms with E-state index in [-0.39, 0.29) is 6.10 Å². The van der Waals surface area contributed by atoms with Gasteiger partial charge in [-0.25, -0.2) is 0 Å². The third-order valence-corrected chi connectivity index (χ3v) is 3.41. The van der Waals surface area contributed by atoms with Crippen LogP contribution in [0.15, 0.2) is 12.1 Å². The van der Waals surface area contributed by atoms with Crippen molar-refractivity contribution < 1.29 is 14.2 Å². The van der Waals surface area contributed by atoms with E-state index in [1.807, 2.05) is 0 Å². The Bertz CT molecular complexity index is 427. The molecule has 0 bridgehead atoms. The molecule has 1 aromatic carbocycles. The lowest BCUT2D eigenvalue weighted by Gasteiger charge is -2.26. The van der Waals surface area contributed by atoms with Crippen LogP contribution >= 0.6 is 0 Å². The normalized spacial score (nSPS) is 23.5. The van der Waals surface area contributed by atoms with E-state index in [1.54, 1.807) is 0 Å². The number of hydrogen-bond donors (Lipinski definition) is 1. The molecule has 0 spiro atoms. The summed E-state index contributed by atoms with van der Waals surface area (Å²) in [4.78, 5) is 0. The summed E-state index contributed by atoms with van der Waals surface area (Å²) in [5.41, 5.74) is 2.40. The molecule has 1 atom stereocenters. The lowest BCUT2D eigenvalue weighted by Crippen LogP contribution is -2.33. The third kappa shape index (κ3) is 2.31. The second-order valence-electron chi connectivity index (χ2n) is 4.77. The van der Waals surface area contributed by atoms with Crippen LogP contribution in [0, 0.1) is 6.92 Å². The van der Waals surface area contributed by atoms with E-state index in [4.69, 9.17) is 14.2 Å². The van der Waals surface area contributed by atoms with Crippen molar-refractivity contribution in [3.63, 3.8) is 0 Å². The Labute approximate surface area is 107 Å². The Morgan fingerprint density at radius 3 is 2.61 bits per heavy atom. The van der Waals surface area contributed by atoms with Gasteiger partial charge in [0.05, 0.1) is 25.9 Å². The quantitative estimate of drug-likeness (QED) is 0.824. The Morgan fingerprint density at radius 2 is 1.89 bits per heavy atom. The van der Waals surface area contributed by atoms with Crippen LogP contribution < -0.4 is 14.8 Å². The smallest absolute Gasteiger partial charge is 0.161 e. The molecule has 1 N–H and O–H groups in total. The van der Waals surface area contributed by atoms with Crippen LogP contribution in [-0.2, 0) is 4.74 Å². The second-order valence-corrected chi connectivity index (χ2v) is 4.77. The summed E-state index contributed by atoms with van der Waals surface area (Å²) in [5.74, 6) is 1.71. The molecule has 0 radical (unpaired) electrons. The molecule has 4 nitrogen and oxygen atoms in total. The summed E-state index contributed by atoms with van der Waals surface area (Å²) in [7, 11) is 0. The number of morpholine rings is 1. The van der Waals surface area contributed by atoms with Gasteiger partial charge < -0.3 is 19.5 Å². The van der Waals surface area contributed by atoms with E-state index in [0.29, 0.717) is 0 Å². The summed E-state index contributed by atoms with van der Waals surface area (Å²) >= 11 is 0. The van der Waals surface area contributed by atoms with E-state index in [1.165, 1.54) is 11.1 Å². The molecule has 0 saturated carbocycles. The summed E-state index contributed by atoms with van der Waals surface area (Å²) in [6, 6.07) is 4.14. The Morgan fingerprint density at radius 1 is 1.11 bits per heavy atom. The maximum absolute atomic E-state index is 5.81. The number of fused-ring (bicyclic) bond motifs is 1. The summed E-state index contributed by atoms with van der Waals surface area (Å²) in [5, 5.41) is 3.36. The zero-order valence-electron chi connectivity index (χ0n) is 10.7. The summed E-state index contributed by atoms with van der Waals surface area (Å²) in [6.45, 7) is 6.10. The fraction of sp³-hybridized carbons (Fsp3) is 0.571. The molecule has 2 aliphatic rings. The van der Waals surface area contributed by atoms with Gasteiger partial charge in [-0.15, -0.1) is 0 Å². The molecule has 0 aliphatic carbocycles. The minimum Gasteiger partial charge on any atom is -0.490 e. The highest BCUT2D eigenvalue weighted by Gasteiger charge is 2.21. The first-order valence-electron chi connectivity index (χ1n) is 6.57. The van der Waals surface area contributed by atoms with Gasteiger partial charge in [-0.05, 0) is 30.2 Å². The predicted octanol–water partition coefficient (Wildman–Crippen LogP) is 1.82. The predicted molar refractivity (Wildman–Crippen MR) is 68.3 cm³/mol. The van der Waals surface area contributed by atoms with Gasteiger partial charge in [-0.2, -0.15) is 0 Å². The average Bonchev–Trinajstić information content (AvgIpc) is 2.63. The Balaban J connectivity index is 1.92. The summed E-state index contributed by atoms with van der Waals surface area (Å²) in [6.07, 6.45) is 1.06. The van der Waals surface area contributed by atoms with Gasteiger partial charge in [-0.3, -0.25) is 0 Å². The highest BCUT2D eigenvalue weighted by molar-refractivity contribution is 5.48. The van der Waals surface area contributed by atoms with Gasteiger partial charge in [0.1, 0.15) is 0 Å². The van der Waals surface area contributed by atoms with Crippen molar-refractivity contribution in [3.8, 4) is 11.5 Å². The molecular weight excluding hydrogens is 230 g/mol. The molecule has 4 heteroatoms. The van der Waals surface area contributed by atoms with E-state index >= 15 is 0 Å². The highest BCUT2D eigenvalue weighted by Crippen LogP contribution is 2.35. The number of rotatable bonds is 1. The van der Waals surface area contributed by atoms with Crippen LogP contribution in [0.2, 0.25) is 0 Å². The SMILES string of the molecule is Cc1cc2c(cc1C1CNCCO1)OCCCO2. The number of ether oxygens (including phenoxy) is 3.